The smallest absolute Gasteiger partial charge is 0.497 e. The summed E-state index contributed by atoms with van der Waals surface area (Å²) in [5.41, 5.74) is 0.768. The monoisotopic (exact) mass is 345 g/mol. The van der Waals surface area contributed by atoms with Gasteiger partial charge in [-0.15, -0.1) is 0 Å². The summed E-state index contributed by atoms with van der Waals surface area (Å²) in [6.45, 7) is 4.33. The lowest BCUT2D eigenvalue weighted by molar-refractivity contribution is 0.0643. The first kappa shape index (κ1) is 18.4. The van der Waals surface area contributed by atoms with E-state index in [9.17, 15) is 4.79 Å². The molecule has 0 aromatic heterocycles. The van der Waals surface area contributed by atoms with Gasteiger partial charge in [0.15, 0.2) is 6.23 Å². The second-order valence-electron chi connectivity index (χ2n) is 5.21. The molecular formula is C19H23NO5. The Kier molecular flexibility index (Phi) is 6.51. The van der Waals surface area contributed by atoms with Crippen LogP contribution in [0, 0.1) is 0 Å². The van der Waals surface area contributed by atoms with E-state index in [-0.39, 0.29) is 0 Å². The van der Waals surface area contributed by atoms with Crippen LogP contribution in [0.3, 0.4) is 0 Å². The number of carbonyl (C=O) groups excluding carboxylic acids is 1. The Morgan fingerprint density at radius 3 is 2.36 bits per heavy atom. The van der Waals surface area contributed by atoms with Crippen LogP contribution in [-0.4, -0.2) is 33.1 Å². The summed E-state index contributed by atoms with van der Waals surface area (Å²) in [4.78, 5) is 13.9. The number of ether oxygens (including phenoxy) is 4. The molecule has 0 aliphatic carbocycles. The van der Waals surface area contributed by atoms with E-state index in [1.807, 2.05) is 36.1 Å². The SMILES string of the molecule is CCN(c1cc(OC)ccc1OC)C(C)OC(=O)Oc1ccccc1. The molecule has 1 atom stereocenters. The van der Waals surface area contributed by atoms with E-state index in [2.05, 4.69) is 0 Å². The van der Waals surface area contributed by atoms with E-state index < -0.39 is 12.4 Å². The predicted molar refractivity (Wildman–Crippen MR) is 95.6 cm³/mol. The molecule has 25 heavy (non-hydrogen) atoms. The Morgan fingerprint density at radius 2 is 1.76 bits per heavy atom. The van der Waals surface area contributed by atoms with Crippen LogP contribution in [0.1, 0.15) is 13.8 Å². The highest BCUT2D eigenvalue weighted by atomic mass is 16.7. The predicted octanol–water partition coefficient (Wildman–Crippen LogP) is 4.09. The molecule has 0 bridgehead atoms. The molecule has 0 saturated heterocycles. The molecule has 0 N–H and O–H groups in total. The number of nitrogens with zero attached hydrogens (tertiary/aromatic N) is 1. The van der Waals surface area contributed by atoms with Crippen molar-refractivity contribution in [1.82, 2.24) is 0 Å². The minimum Gasteiger partial charge on any atom is -0.497 e. The number of methoxy groups -OCH3 is 2. The number of carbonyl (C=O) groups is 1. The third kappa shape index (κ3) is 4.79. The third-order valence-corrected chi connectivity index (χ3v) is 3.69. The van der Waals surface area contributed by atoms with Crippen LogP contribution < -0.4 is 19.1 Å². The van der Waals surface area contributed by atoms with Crippen molar-refractivity contribution in [2.75, 3.05) is 25.7 Å². The number of para-hydroxylation sites is 1. The van der Waals surface area contributed by atoms with Crippen LogP contribution in [0.2, 0.25) is 0 Å². The van der Waals surface area contributed by atoms with Gasteiger partial charge < -0.3 is 23.8 Å². The molecule has 0 aliphatic heterocycles. The maximum atomic E-state index is 12.0. The van der Waals surface area contributed by atoms with E-state index in [0.717, 1.165) is 5.69 Å². The van der Waals surface area contributed by atoms with Gasteiger partial charge in [0.1, 0.15) is 17.2 Å². The lowest BCUT2D eigenvalue weighted by atomic mass is 10.2. The van der Waals surface area contributed by atoms with Crippen LogP contribution in [0.25, 0.3) is 0 Å². The van der Waals surface area contributed by atoms with Crippen molar-refractivity contribution in [3.63, 3.8) is 0 Å². The van der Waals surface area contributed by atoms with Crippen LogP contribution in [0.4, 0.5) is 10.5 Å². The van der Waals surface area contributed by atoms with E-state index in [1.54, 1.807) is 45.4 Å². The number of rotatable bonds is 7. The average Bonchev–Trinajstić information content (AvgIpc) is 2.62. The maximum absolute atomic E-state index is 12.0. The zero-order valence-corrected chi connectivity index (χ0v) is 14.9. The average molecular weight is 345 g/mol. The molecule has 6 heteroatoms. The van der Waals surface area contributed by atoms with Crippen molar-refractivity contribution in [3.8, 4) is 17.2 Å². The number of benzene rings is 2. The molecule has 0 amide bonds. The minimum absolute atomic E-state index is 0.432. The first-order chi connectivity index (χ1) is 12.1. The summed E-state index contributed by atoms with van der Waals surface area (Å²) in [6.07, 6.45) is -1.32. The second kappa shape index (κ2) is 8.82. The first-order valence-corrected chi connectivity index (χ1v) is 8.01. The van der Waals surface area contributed by atoms with Gasteiger partial charge in [-0.05, 0) is 38.1 Å². The fourth-order valence-corrected chi connectivity index (χ4v) is 2.46. The summed E-state index contributed by atoms with van der Waals surface area (Å²) in [5, 5.41) is 0. The topological polar surface area (TPSA) is 57.2 Å². The lowest BCUT2D eigenvalue weighted by Gasteiger charge is -2.30. The standard InChI is InChI=1S/C19H23NO5/c1-5-20(17-13-16(22-3)11-12-18(17)23-4)14(2)24-19(21)25-15-9-7-6-8-10-15/h6-14H,5H2,1-4H3. The summed E-state index contributed by atoms with van der Waals surface area (Å²) in [5.74, 6) is 1.78. The van der Waals surface area contributed by atoms with Gasteiger partial charge >= 0.3 is 6.16 Å². The molecule has 134 valence electrons. The van der Waals surface area contributed by atoms with Gasteiger partial charge in [-0.25, -0.2) is 4.79 Å². The molecular weight excluding hydrogens is 322 g/mol. The van der Waals surface area contributed by atoms with Gasteiger partial charge in [0.05, 0.1) is 19.9 Å². The first-order valence-electron chi connectivity index (χ1n) is 8.01. The fraction of sp³-hybridized carbons (Fsp3) is 0.316. The molecule has 2 aromatic carbocycles. The van der Waals surface area contributed by atoms with Crippen LogP contribution in [0.15, 0.2) is 48.5 Å². The van der Waals surface area contributed by atoms with Gasteiger partial charge in [0.25, 0.3) is 0 Å². The molecule has 6 nitrogen and oxygen atoms in total. The number of hydrogen-bond donors (Lipinski definition) is 0. The highest BCUT2D eigenvalue weighted by Gasteiger charge is 2.22. The molecule has 0 aliphatic rings. The molecule has 0 radical (unpaired) electrons. The van der Waals surface area contributed by atoms with E-state index in [4.69, 9.17) is 18.9 Å². The van der Waals surface area contributed by atoms with Crippen LogP contribution in [-0.2, 0) is 4.74 Å². The summed E-state index contributed by atoms with van der Waals surface area (Å²) >= 11 is 0. The fourth-order valence-electron chi connectivity index (χ4n) is 2.46. The van der Waals surface area contributed by atoms with Crippen LogP contribution >= 0.6 is 0 Å². The maximum Gasteiger partial charge on any atom is 0.515 e. The second-order valence-corrected chi connectivity index (χ2v) is 5.21. The molecule has 0 spiro atoms. The zero-order chi connectivity index (χ0) is 18.2. The Balaban J connectivity index is 2.12. The summed E-state index contributed by atoms with van der Waals surface area (Å²) in [6, 6.07) is 14.2. The van der Waals surface area contributed by atoms with E-state index in [0.29, 0.717) is 23.8 Å². The van der Waals surface area contributed by atoms with Crippen molar-refractivity contribution in [2.24, 2.45) is 0 Å². The summed E-state index contributed by atoms with van der Waals surface area (Å²) < 4.78 is 21.3. The molecule has 2 aromatic rings. The molecule has 2 rings (SSSR count). The zero-order valence-electron chi connectivity index (χ0n) is 14.9. The Morgan fingerprint density at radius 1 is 1.04 bits per heavy atom. The van der Waals surface area contributed by atoms with Crippen molar-refractivity contribution in [2.45, 2.75) is 20.1 Å². The van der Waals surface area contributed by atoms with Crippen LogP contribution in [0.5, 0.6) is 17.2 Å². The van der Waals surface area contributed by atoms with Gasteiger partial charge in [0, 0.05) is 12.6 Å². The van der Waals surface area contributed by atoms with Gasteiger partial charge in [-0.3, -0.25) is 0 Å². The highest BCUT2D eigenvalue weighted by molar-refractivity contribution is 5.66. The number of anilines is 1. The highest BCUT2D eigenvalue weighted by Crippen LogP contribution is 2.33. The number of hydrogen-bond acceptors (Lipinski definition) is 6. The van der Waals surface area contributed by atoms with Crippen molar-refractivity contribution in [3.05, 3.63) is 48.5 Å². The normalized spacial score (nSPS) is 11.4. The van der Waals surface area contributed by atoms with Gasteiger partial charge in [-0.1, -0.05) is 18.2 Å². The minimum atomic E-state index is -0.765. The molecule has 1 unspecified atom stereocenters. The molecule has 0 fully saturated rings. The van der Waals surface area contributed by atoms with Crippen molar-refractivity contribution >= 4 is 11.8 Å². The lowest BCUT2D eigenvalue weighted by Crippen LogP contribution is -2.37. The van der Waals surface area contributed by atoms with E-state index in [1.165, 1.54) is 0 Å². The quantitative estimate of drug-likeness (QED) is 0.428. The van der Waals surface area contributed by atoms with Gasteiger partial charge in [-0.2, -0.15) is 0 Å². The van der Waals surface area contributed by atoms with Gasteiger partial charge in [0.2, 0.25) is 0 Å². The van der Waals surface area contributed by atoms with E-state index >= 15 is 0 Å². The Bertz CT molecular complexity index is 689. The van der Waals surface area contributed by atoms with Crippen molar-refractivity contribution in [1.29, 1.82) is 0 Å². The molecule has 0 saturated carbocycles. The van der Waals surface area contributed by atoms with Crippen molar-refractivity contribution < 1.29 is 23.7 Å². The molecule has 0 heterocycles. The Labute approximate surface area is 147 Å². The Hall–Kier alpha value is -2.89. The summed E-state index contributed by atoms with van der Waals surface area (Å²) in [7, 11) is 3.19. The third-order valence-electron chi connectivity index (χ3n) is 3.69. The largest absolute Gasteiger partial charge is 0.515 e.